The first kappa shape index (κ1) is 29.8. The predicted octanol–water partition coefficient (Wildman–Crippen LogP) is 4.17. The number of thiazole rings is 1. The van der Waals surface area contributed by atoms with Crippen LogP contribution in [-0.4, -0.2) is 43.4 Å². The molecular weight excluding hydrogens is 574 g/mol. The van der Waals surface area contributed by atoms with Crippen LogP contribution in [0.25, 0.3) is 6.08 Å². The van der Waals surface area contributed by atoms with Gasteiger partial charge in [0.25, 0.3) is 11.2 Å². The lowest BCUT2D eigenvalue weighted by Gasteiger charge is -2.27. The molecule has 2 aromatic carbocycles. The number of hydrogen-bond acceptors (Lipinski definition) is 10. The fourth-order valence-electron chi connectivity index (χ4n) is 4.67. The van der Waals surface area contributed by atoms with Crippen LogP contribution in [0.3, 0.4) is 0 Å². The average Bonchev–Trinajstić information content (AvgIpc) is 3.26. The fraction of sp³-hybridized carbons (Fsp3) is 0.321. The monoisotopic (exact) mass is 601 g/mol. The number of hydrogen-bond donors (Lipinski definition) is 0. The summed E-state index contributed by atoms with van der Waals surface area (Å²) in [6.45, 7) is 3.78. The lowest BCUT2D eigenvalue weighted by molar-refractivity contribution is -0.385. The molecule has 3 aromatic rings. The number of carbonyl (C=O) groups excluding carboxylic acids is 1. The molecule has 0 saturated carbocycles. The first-order valence-electron chi connectivity index (χ1n) is 12.6. The Balaban J connectivity index is 2.09. The zero-order valence-electron chi connectivity index (χ0n) is 23.1. The average molecular weight is 602 g/mol. The van der Waals surface area contributed by atoms with Crippen molar-refractivity contribution >= 4 is 40.7 Å². The molecule has 0 fully saturated rings. The van der Waals surface area contributed by atoms with Crippen LogP contribution >= 0.6 is 22.9 Å². The van der Waals surface area contributed by atoms with E-state index in [0.29, 0.717) is 39.7 Å². The van der Waals surface area contributed by atoms with Crippen LogP contribution in [0.1, 0.15) is 43.9 Å². The van der Waals surface area contributed by atoms with Crippen LogP contribution < -0.4 is 29.1 Å². The van der Waals surface area contributed by atoms with E-state index < -0.39 is 22.5 Å². The van der Waals surface area contributed by atoms with Gasteiger partial charge >= 0.3 is 5.97 Å². The van der Waals surface area contributed by atoms with Gasteiger partial charge in [-0.05, 0) is 37.6 Å². The summed E-state index contributed by atoms with van der Waals surface area (Å²) in [6.07, 6.45) is 2.62. The highest BCUT2D eigenvalue weighted by Crippen LogP contribution is 2.39. The van der Waals surface area contributed by atoms with Gasteiger partial charge in [-0.3, -0.25) is 19.5 Å². The van der Waals surface area contributed by atoms with Gasteiger partial charge < -0.3 is 18.9 Å². The van der Waals surface area contributed by atoms with Gasteiger partial charge in [0.05, 0.1) is 54.7 Å². The molecule has 0 N–H and O–H groups in total. The molecule has 4 rings (SSSR count). The second-order valence-corrected chi connectivity index (χ2v) is 10.3. The molecule has 11 nitrogen and oxygen atoms in total. The SMILES string of the molecule is CCCC1=C(C(=O)OCC)[C@@H](c2cc(Cl)ccc2OC)n2c(s/c(=C\c3cc([N+](=O)[O-])cc(OC)c3OC)c2=O)=N1. The number of methoxy groups -OCH3 is 3. The van der Waals surface area contributed by atoms with Crippen molar-refractivity contribution < 1.29 is 28.7 Å². The second-order valence-electron chi connectivity index (χ2n) is 8.83. The van der Waals surface area contributed by atoms with Gasteiger partial charge in [-0.1, -0.05) is 36.3 Å². The molecular formula is C28H28ClN3O8S. The van der Waals surface area contributed by atoms with E-state index in [2.05, 4.69) is 0 Å². The molecule has 0 bridgehead atoms. The van der Waals surface area contributed by atoms with Crippen molar-refractivity contribution in [3.05, 3.63) is 87.6 Å². The van der Waals surface area contributed by atoms with Gasteiger partial charge in [-0.2, -0.15) is 0 Å². The molecule has 41 heavy (non-hydrogen) atoms. The predicted molar refractivity (Wildman–Crippen MR) is 154 cm³/mol. The number of benzene rings is 2. The Labute approximate surface area is 244 Å². The Bertz CT molecular complexity index is 1730. The summed E-state index contributed by atoms with van der Waals surface area (Å²) in [4.78, 5) is 43.6. The van der Waals surface area contributed by atoms with E-state index in [0.717, 1.165) is 11.3 Å². The highest BCUT2D eigenvalue weighted by atomic mass is 35.5. The molecule has 0 amide bonds. The Morgan fingerprint density at radius 2 is 1.88 bits per heavy atom. The number of esters is 1. The van der Waals surface area contributed by atoms with E-state index in [1.165, 1.54) is 44.1 Å². The van der Waals surface area contributed by atoms with E-state index >= 15 is 0 Å². The van der Waals surface area contributed by atoms with Crippen LogP contribution in [0.4, 0.5) is 5.69 Å². The summed E-state index contributed by atoms with van der Waals surface area (Å²) in [7, 11) is 4.25. The summed E-state index contributed by atoms with van der Waals surface area (Å²) in [6, 6.07) is 6.54. The minimum atomic E-state index is -0.954. The Hall–Kier alpha value is -4.16. The van der Waals surface area contributed by atoms with E-state index in [4.69, 9.17) is 35.5 Å². The van der Waals surface area contributed by atoms with Crippen molar-refractivity contribution in [3.8, 4) is 17.2 Å². The standard InChI is InChI=1S/C28H28ClN3O8S/c1-6-8-19-23(27(34)40-7-2)24(18-13-16(29)9-10-20(18)37-3)31-26(33)22(41-28(31)30-19)12-15-11-17(32(35)36)14-21(38-4)25(15)39-5/h9-14,24H,6-8H2,1-5H3/b22-12-/t24-/m1/s1. The number of nitrogens with zero attached hydrogens (tertiary/aromatic N) is 3. The van der Waals surface area contributed by atoms with Gasteiger partial charge in [0.15, 0.2) is 16.3 Å². The van der Waals surface area contributed by atoms with E-state index in [9.17, 15) is 19.7 Å². The highest BCUT2D eigenvalue weighted by Gasteiger charge is 2.36. The van der Waals surface area contributed by atoms with Crippen LogP contribution in [0.5, 0.6) is 17.2 Å². The summed E-state index contributed by atoms with van der Waals surface area (Å²) in [5, 5.41) is 12.0. The molecule has 1 atom stereocenters. The number of ether oxygens (including phenoxy) is 4. The first-order valence-corrected chi connectivity index (χ1v) is 13.8. The number of allylic oxidation sites excluding steroid dienone is 1. The number of carbonyl (C=O) groups is 1. The number of non-ortho nitro benzene ring substituents is 1. The largest absolute Gasteiger partial charge is 0.496 e. The van der Waals surface area contributed by atoms with E-state index in [1.54, 1.807) is 25.1 Å². The van der Waals surface area contributed by atoms with Crippen molar-refractivity contribution in [1.29, 1.82) is 0 Å². The second kappa shape index (κ2) is 12.6. The number of fused-ring (bicyclic) bond motifs is 1. The molecule has 1 aliphatic heterocycles. The molecule has 0 radical (unpaired) electrons. The van der Waals surface area contributed by atoms with Gasteiger partial charge in [-0.15, -0.1) is 0 Å². The van der Waals surface area contributed by atoms with Gasteiger partial charge in [0, 0.05) is 22.2 Å². The molecule has 0 aliphatic carbocycles. The zero-order chi connectivity index (χ0) is 29.8. The van der Waals surface area contributed by atoms with Crippen molar-refractivity contribution in [2.75, 3.05) is 27.9 Å². The van der Waals surface area contributed by atoms with Crippen LogP contribution in [-0.2, 0) is 9.53 Å². The maximum absolute atomic E-state index is 14.1. The van der Waals surface area contributed by atoms with Crippen molar-refractivity contribution in [3.63, 3.8) is 0 Å². The summed E-state index contributed by atoms with van der Waals surface area (Å²) < 4.78 is 23.4. The summed E-state index contributed by atoms with van der Waals surface area (Å²) in [5.74, 6) is 0.165. The van der Waals surface area contributed by atoms with Crippen molar-refractivity contribution in [2.45, 2.75) is 32.7 Å². The first-order chi connectivity index (χ1) is 19.7. The highest BCUT2D eigenvalue weighted by molar-refractivity contribution is 7.07. The third kappa shape index (κ3) is 5.70. The number of nitro benzene ring substituents is 1. The number of nitro groups is 1. The molecule has 216 valence electrons. The lowest BCUT2D eigenvalue weighted by Crippen LogP contribution is -2.40. The topological polar surface area (TPSA) is 131 Å². The van der Waals surface area contributed by atoms with Gasteiger partial charge in [0.1, 0.15) is 11.8 Å². The number of halogens is 1. The zero-order valence-corrected chi connectivity index (χ0v) is 24.6. The van der Waals surface area contributed by atoms with Gasteiger partial charge in [0.2, 0.25) is 0 Å². The molecule has 2 heterocycles. The van der Waals surface area contributed by atoms with Crippen molar-refractivity contribution in [1.82, 2.24) is 4.57 Å². The number of rotatable bonds is 10. The van der Waals surface area contributed by atoms with Crippen LogP contribution in [0.15, 0.2) is 51.4 Å². The Morgan fingerprint density at radius 3 is 2.49 bits per heavy atom. The van der Waals surface area contributed by atoms with Crippen LogP contribution in [0, 0.1) is 10.1 Å². The quantitative estimate of drug-likeness (QED) is 0.192. The molecule has 1 aliphatic rings. The maximum Gasteiger partial charge on any atom is 0.338 e. The molecule has 0 saturated heterocycles. The molecule has 0 unspecified atom stereocenters. The van der Waals surface area contributed by atoms with Crippen molar-refractivity contribution in [2.24, 2.45) is 4.99 Å². The summed E-state index contributed by atoms with van der Waals surface area (Å²) in [5.41, 5.74) is 0.722. The van der Waals surface area contributed by atoms with Crippen LogP contribution in [0.2, 0.25) is 5.02 Å². The minimum absolute atomic E-state index is 0.125. The molecule has 13 heteroatoms. The Morgan fingerprint density at radius 1 is 1.15 bits per heavy atom. The normalized spacial score (nSPS) is 14.8. The molecule has 1 aromatic heterocycles. The Kier molecular flexibility index (Phi) is 9.14. The third-order valence-electron chi connectivity index (χ3n) is 6.37. The van der Waals surface area contributed by atoms with E-state index in [-0.39, 0.29) is 39.5 Å². The number of aromatic nitrogens is 1. The summed E-state index contributed by atoms with van der Waals surface area (Å²) >= 11 is 7.46. The fourth-order valence-corrected chi connectivity index (χ4v) is 5.86. The van der Waals surface area contributed by atoms with E-state index in [1.807, 2.05) is 6.92 Å². The minimum Gasteiger partial charge on any atom is -0.496 e. The van der Waals surface area contributed by atoms with Gasteiger partial charge in [-0.25, -0.2) is 9.79 Å². The lowest BCUT2D eigenvalue weighted by atomic mass is 9.93. The maximum atomic E-state index is 14.1. The molecule has 0 spiro atoms. The third-order valence-corrected chi connectivity index (χ3v) is 7.59. The smallest absolute Gasteiger partial charge is 0.338 e.